The minimum atomic E-state index is -0.502. The van der Waals surface area contributed by atoms with Gasteiger partial charge in [0.2, 0.25) is 5.91 Å². The van der Waals surface area contributed by atoms with Gasteiger partial charge in [0.1, 0.15) is 0 Å². The molecule has 0 aliphatic carbocycles. The number of carbonyl (C=O) groups is 2. The number of hydrogen-bond acceptors (Lipinski definition) is 3. The van der Waals surface area contributed by atoms with E-state index < -0.39 is 6.09 Å². The van der Waals surface area contributed by atoms with Crippen LogP contribution >= 0.6 is 0 Å². The molecule has 0 radical (unpaired) electrons. The zero-order chi connectivity index (χ0) is 12.3. The van der Waals surface area contributed by atoms with Crippen molar-refractivity contribution < 1.29 is 14.3 Å². The molecule has 1 fully saturated rings. The molecule has 1 aliphatic rings. The number of carbonyl (C=O) groups excluding carboxylic acids is 2. The standard InChI is InChI=1S/C12H14N2O3/c1-17-12(16)13-9-7-11(15)14(8-9)10-5-3-2-4-6-10/h2-6,9H,7-8H2,1H3,(H,13,16)/t9-/m1/s1. The highest BCUT2D eigenvalue weighted by Gasteiger charge is 2.31. The maximum Gasteiger partial charge on any atom is 0.407 e. The lowest BCUT2D eigenvalue weighted by molar-refractivity contribution is -0.117. The van der Waals surface area contributed by atoms with Crippen molar-refractivity contribution in [2.75, 3.05) is 18.6 Å². The molecule has 5 nitrogen and oxygen atoms in total. The van der Waals surface area contributed by atoms with Gasteiger partial charge >= 0.3 is 6.09 Å². The third kappa shape index (κ3) is 2.55. The minimum absolute atomic E-state index is 0.0117. The number of hydrogen-bond donors (Lipinski definition) is 1. The van der Waals surface area contributed by atoms with E-state index in [2.05, 4.69) is 10.1 Å². The Morgan fingerprint density at radius 3 is 2.76 bits per heavy atom. The Kier molecular flexibility index (Phi) is 3.27. The molecule has 90 valence electrons. The quantitative estimate of drug-likeness (QED) is 0.835. The van der Waals surface area contributed by atoms with Crippen molar-refractivity contribution in [2.45, 2.75) is 12.5 Å². The maximum atomic E-state index is 11.8. The molecule has 17 heavy (non-hydrogen) atoms. The van der Waals surface area contributed by atoms with Crippen molar-refractivity contribution >= 4 is 17.7 Å². The van der Waals surface area contributed by atoms with Gasteiger partial charge in [0.05, 0.1) is 13.2 Å². The van der Waals surface area contributed by atoms with Crippen molar-refractivity contribution in [1.29, 1.82) is 0 Å². The van der Waals surface area contributed by atoms with Gasteiger partial charge in [0.25, 0.3) is 0 Å². The van der Waals surface area contributed by atoms with Crippen molar-refractivity contribution in [1.82, 2.24) is 5.32 Å². The number of alkyl carbamates (subject to hydrolysis) is 1. The zero-order valence-electron chi connectivity index (χ0n) is 9.55. The van der Waals surface area contributed by atoms with Crippen LogP contribution in [0.5, 0.6) is 0 Å². The van der Waals surface area contributed by atoms with Gasteiger partial charge in [-0.15, -0.1) is 0 Å². The summed E-state index contributed by atoms with van der Waals surface area (Å²) in [5.74, 6) is 0.0117. The second-order valence-electron chi connectivity index (χ2n) is 3.88. The summed E-state index contributed by atoms with van der Waals surface area (Å²) in [7, 11) is 1.31. The maximum absolute atomic E-state index is 11.8. The fourth-order valence-electron chi connectivity index (χ4n) is 1.89. The van der Waals surface area contributed by atoms with E-state index in [1.165, 1.54) is 7.11 Å². The van der Waals surface area contributed by atoms with Crippen LogP contribution in [0.15, 0.2) is 30.3 Å². The number of nitrogens with one attached hydrogen (secondary N) is 1. The Balaban J connectivity index is 2.03. The highest BCUT2D eigenvalue weighted by molar-refractivity contribution is 5.96. The summed E-state index contributed by atoms with van der Waals surface area (Å²) in [6.07, 6.45) is -0.193. The molecular weight excluding hydrogens is 220 g/mol. The number of benzene rings is 1. The number of methoxy groups -OCH3 is 1. The number of anilines is 1. The molecule has 2 rings (SSSR count). The number of nitrogens with zero attached hydrogens (tertiary/aromatic N) is 1. The monoisotopic (exact) mass is 234 g/mol. The lowest BCUT2D eigenvalue weighted by atomic mass is 10.3. The summed E-state index contributed by atoms with van der Waals surface area (Å²) in [4.78, 5) is 24.5. The number of para-hydroxylation sites is 1. The molecule has 1 aromatic rings. The Bertz CT molecular complexity index is 419. The predicted octanol–water partition coefficient (Wildman–Crippen LogP) is 1.15. The summed E-state index contributed by atoms with van der Waals surface area (Å²) < 4.78 is 4.51. The molecule has 0 saturated carbocycles. The molecule has 2 amide bonds. The van der Waals surface area contributed by atoms with Gasteiger partial charge in [-0.2, -0.15) is 0 Å². The largest absolute Gasteiger partial charge is 0.453 e. The van der Waals surface area contributed by atoms with Crippen LogP contribution in [0.3, 0.4) is 0 Å². The first-order chi connectivity index (χ1) is 8.20. The first kappa shape index (κ1) is 11.4. The van der Waals surface area contributed by atoms with Crippen LogP contribution < -0.4 is 10.2 Å². The van der Waals surface area contributed by atoms with Gasteiger partial charge in [0.15, 0.2) is 0 Å². The molecular formula is C12H14N2O3. The molecule has 5 heteroatoms. The smallest absolute Gasteiger partial charge is 0.407 e. The van der Waals surface area contributed by atoms with E-state index in [0.29, 0.717) is 13.0 Å². The zero-order valence-corrected chi connectivity index (χ0v) is 9.55. The van der Waals surface area contributed by atoms with E-state index in [1.54, 1.807) is 4.90 Å². The highest BCUT2D eigenvalue weighted by atomic mass is 16.5. The molecule has 1 aromatic carbocycles. The average Bonchev–Trinajstić information content (AvgIpc) is 2.71. The normalized spacial score (nSPS) is 19.2. The summed E-state index contributed by atoms with van der Waals surface area (Å²) >= 11 is 0. The molecule has 0 spiro atoms. The fourth-order valence-corrected chi connectivity index (χ4v) is 1.89. The summed E-state index contributed by atoms with van der Waals surface area (Å²) in [5.41, 5.74) is 0.853. The van der Waals surface area contributed by atoms with Crippen LogP contribution in [0.1, 0.15) is 6.42 Å². The van der Waals surface area contributed by atoms with E-state index in [-0.39, 0.29) is 11.9 Å². The van der Waals surface area contributed by atoms with Gasteiger partial charge in [0, 0.05) is 18.7 Å². The Morgan fingerprint density at radius 1 is 1.41 bits per heavy atom. The molecule has 1 aliphatic heterocycles. The van der Waals surface area contributed by atoms with Gasteiger partial charge in [-0.3, -0.25) is 4.79 Å². The van der Waals surface area contributed by atoms with Crippen molar-refractivity contribution in [3.8, 4) is 0 Å². The third-order valence-electron chi connectivity index (χ3n) is 2.70. The Labute approximate surface area is 99.4 Å². The highest BCUT2D eigenvalue weighted by Crippen LogP contribution is 2.20. The summed E-state index contributed by atoms with van der Waals surface area (Å²) in [6.45, 7) is 0.484. The molecule has 1 saturated heterocycles. The van der Waals surface area contributed by atoms with E-state index >= 15 is 0 Å². The number of ether oxygens (including phenoxy) is 1. The third-order valence-corrected chi connectivity index (χ3v) is 2.70. The summed E-state index contributed by atoms with van der Waals surface area (Å²) in [6, 6.07) is 9.22. The fraction of sp³-hybridized carbons (Fsp3) is 0.333. The van der Waals surface area contributed by atoms with Gasteiger partial charge < -0.3 is 15.0 Å². The van der Waals surface area contributed by atoms with Gasteiger partial charge in [-0.25, -0.2) is 4.79 Å². The predicted molar refractivity (Wildman–Crippen MR) is 62.7 cm³/mol. The van der Waals surface area contributed by atoms with E-state index in [0.717, 1.165) is 5.69 Å². The van der Waals surface area contributed by atoms with E-state index in [9.17, 15) is 9.59 Å². The van der Waals surface area contributed by atoms with E-state index in [1.807, 2.05) is 30.3 Å². The van der Waals surface area contributed by atoms with Crippen molar-refractivity contribution in [2.24, 2.45) is 0 Å². The SMILES string of the molecule is COC(=O)N[C@@H]1CC(=O)N(c2ccccc2)C1. The second-order valence-corrected chi connectivity index (χ2v) is 3.88. The topological polar surface area (TPSA) is 58.6 Å². The van der Waals surface area contributed by atoms with Crippen LogP contribution in [0, 0.1) is 0 Å². The molecule has 0 aromatic heterocycles. The van der Waals surface area contributed by atoms with Crippen LogP contribution in [0.2, 0.25) is 0 Å². The van der Waals surface area contributed by atoms with Crippen LogP contribution in [-0.2, 0) is 9.53 Å². The molecule has 0 bridgehead atoms. The lowest BCUT2D eigenvalue weighted by Crippen LogP contribution is -2.37. The average molecular weight is 234 g/mol. The first-order valence-electron chi connectivity index (χ1n) is 5.40. The van der Waals surface area contributed by atoms with Crippen LogP contribution in [0.4, 0.5) is 10.5 Å². The minimum Gasteiger partial charge on any atom is -0.453 e. The lowest BCUT2D eigenvalue weighted by Gasteiger charge is -2.16. The first-order valence-corrected chi connectivity index (χ1v) is 5.40. The van der Waals surface area contributed by atoms with Crippen LogP contribution in [0.25, 0.3) is 0 Å². The molecule has 1 heterocycles. The van der Waals surface area contributed by atoms with E-state index in [4.69, 9.17) is 0 Å². The van der Waals surface area contributed by atoms with Gasteiger partial charge in [-0.1, -0.05) is 18.2 Å². The number of amides is 2. The number of rotatable bonds is 2. The molecule has 1 atom stereocenters. The Morgan fingerprint density at radius 2 is 2.12 bits per heavy atom. The molecule has 0 unspecified atom stereocenters. The van der Waals surface area contributed by atoms with Crippen molar-refractivity contribution in [3.63, 3.8) is 0 Å². The Hall–Kier alpha value is -2.04. The van der Waals surface area contributed by atoms with Crippen LogP contribution in [-0.4, -0.2) is 31.7 Å². The second kappa shape index (κ2) is 4.86. The van der Waals surface area contributed by atoms with Crippen molar-refractivity contribution in [3.05, 3.63) is 30.3 Å². The van der Waals surface area contributed by atoms with Gasteiger partial charge in [-0.05, 0) is 12.1 Å². The summed E-state index contributed by atoms with van der Waals surface area (Å²) in [5, 5.41) is 2.64. The molecule has 1 N–H and O–H groups in total.